The molecule has 0 aliphatic carbocycles. The monoisotopic (exact) mass is 449 g/mol. The molecule has 1 aromatic carbocycles. The fourth-order valence-corrected chi connectivity index (χ4v) is 4.16. The minimum atomic E-state index is -3.07. The number of sulfone groups is 1. The van der Waals surface area contributed by atoms with Crippen LogP contribution < -0.4 is 4.90 Å². The van der Waals surface area contributed by atoms with E-state index in [0.29, 0.717) is 24.4 Å². The number of carbonyl (C=O) groups is 1. The number of benzodiazepines with no additional fused rings is 1. The molecule has 0 unspecified atom stereocenters. The predicted octanol–water partition coefficient (Wildman–Crippen LogP) is 2.85. The minimum absolute atomic E-state index is 0.00126. The van der Waals surface area contributed by atoms with E-state index in [-0.39, 0.29) is 24.0 Å². The standard InChI is InChI=1S/C19H20BrN3O3S/c1-2-27(25,26)11-5-10-23-17-8-7-14(20)12-15(17)19(22-13-18(23)24)16-6-3-4-9-21-16/h3-4,6-9,12H,2,5,10-11,13H2,1H3. The Morgan fingerprint density at radius 1 is 1.22 bits per heavy atom. The van der Waals surface area contributed by atoms with Crippen LogP contribution in [0.3, 0.4) is 0 Å². The fourth-order valence-electron chi connectivity index (χ4n) is 2.94. The number of fused-ring (bicyclic) bond motifs is 1. The van der Waals surface area contributed by atoms with E-state index in [1.807, 2.05) is 36.4 Å². The summed E-state index contributed by atoms with van der Waals surface area (Å²) in [5.41, 5.74) is 2.87. The van der Waals surface area contributed by atoms with Gasteiger partial charge in [-0.15, -0.1) is 0 Å². The number of benzene rings is 1. The normalized spacial score (nSPS) is 14.5. The number of anilines is 1. The average Bonchev–Trinajstić information content (AvgIpc) is 2.79. The van der Waals surface area contributed by atoms with Crippen LogP contribution in [-0.4, -0.2) is 49.6 Å². The molecule has 27 heavy (non-hydrogen) atoms. The van der Waals surface area contributed by atoms with Crippen molar-refractivity contribution in [3.05, 3.63) is 58.3 Å². The van der Waals surface area contributed by atoms with Crippen molar-refractivity contribution in [3.63, 3.8) is 0 Å². The lowest BCUT2D eigenvalue weighted by Crippen LogP contribution is -2.34. The van der Waals surface area contributed by atoms with Crippen molar-refractivity contribution in [2.24, 2.45) is 4.99 Å². The predicted molar refractivity (Wildman–Crippen MR) is 110 cm³/mol. The third-order valence-electron chi connectivity index (χ3n) is 4.36. The van der Waals surface area contributed by atoms with E-state index in [1.165, 1.54) is 0 Å². The van der Waals surface area contributed by atoms with Crippen LogP contribution in [0.4, 0.5) is 5.69 Å². The lowest BCUT2D eigenvalue weighted by Gasteiger charge is -2.23. The van der Waals surface area contributed by atoms with E-state index in [4.69, 9.17) is 0 Å². The van der Waals surface area contributed by atoms with Crippen molar-refractivity contribution in [2.75, 3.05) is 29.5 Å². The second-order valence-corrected chi connectivity index (χ2v) is 9.56. The summed E-state index contributed by atoms with van der Waals surface area (Å²) in [6.45, 7) is 1.96. The van der Waals surface area contributed by atoms with E-state index in [1.54, 1.807) is 18.0 Å². The number of amides is 1. The maximum atomic E-state index is 12.7. The highest BCUT2D eigenvalue weighted by atomic mass is 79.9. The summed E-state index contributed by atoms with van der Waals surface area (Å²) < 4.78 is 24.4. The number of hydrogen-bond donors (Lipinski definition) is 0. The molecule has 0 bridgehead atoms. The molecule has 1 aromatic heterocycles. The van der Waals surface area contributed by atoms with Gasteiger partial charge in [-0.3, -0.25) is 14.8 Å². The highest BCUT2D eigenvalue weighted by Gasteiger charge is 2.26. The van der Waals surface area contributed by atoms with Gasteiger partial charge in [0, 0.05) is 28.5 Å². The van der Waals surface area contributed by atoms with Gasteiger partial charge in [0.1, 0.15) is 16.4 Å². The smallest absolute Gasteiger partial charge is 0.248 e. The Hall–Kier alpha value is -2.06. The summed E-state index contributed by atoms with van der Waals surface area (Å²) in [6, 6.07) is 11.2. The number of nitrogens with zero attached hydrogens (tertiary/aromatic N) is 3. The zero-order valence-electron chi connectivity index (χ0n) is 14.9. The van der Waals surface area contributed by atoms with Crippen molar-refractivity contribution in [1.82, 2.24) is 4.98 Å². The molecule has 2 heterocycles. The lowest BCUT2D eigenvalue weighted by molar-refractivity contribution is -0.117. The van der Waals surface area contributed by atoms with Gasteiger partial charge in [0.2, 0.25) is 5.91 Å². The molecule has 142 valence electrons. The molecule has 8 heteroatoms. The molecule has 1 aliphatic rings. The molecule has 2 aromatic rings. The van der Waals surface area contributed by atoms with Crippen LogP contribution in [0.15, 0.2) is 52.1 Å². The molecule has 0 saturated carbocycles. The molecular formula is C19H20BrN3O3S. The minimum Gasteiger partial charge on any atom is -0.310 e. The third-order valence-corrected chi connectivity index (χ3v) is 6.65. The van der Waals surface area contributed by atoms with Gasteiger partial charge < -0.3 is 4.90 Å². The maximum absolute atomic E-state index is 12.7. The molecule has 6 nitrogen and oxygen atoms in total. The van der Waals surface area contributed by atoms with Crippen LogP contribution in [0.5, 0.6) is 0 Å². The van der Waals surface area contributed by atoms with Crippen LogP contribution in [0, 0.1) is 0 Å². The third kappa shape index (κ3) is 4.62. The number of carbonyl (C=O) groups excluding carboxylic acids is 1. The quantitative estimate of drug-likeness (QED) is 0.678. The Labute approximate surface area is 167 Å². The van der Waals surface area contributed by atoms with E-state index >= 15 is 0 Å². The summed E-state index contributed by atoms with van der Waals surface area (Å²) >= 11 is 3.48. The van der Waals surface area contributed by atoms with E-state index in [0.717, 1.165) is 15.7 Å². The van der Waals surface area contributed by atoms with Gasteiger partial charge in [-0.2, -0.15) is 0 Å². The first kappa shape index (κ1) is 19.7. The van der Waals surface area contributed by atoms with Gasteiger partial charge >= 0.3 is 0 Å². The van der Waals surface area contributed by atoms with Gasteiger partial charge in [-0.05, 0) is 36.8 Å². The van der Waals surface area contributed by atoms with E-state index < -0.39 is 9.84 Å². The second kappa shape index (κ2) is 8.31. The van der Waals surface area contributed by atoms with Crippen LogP contribution in [0.2, 0.25) is 0 Å². The van der Waals surface area contributed by atoms with Gasteiger partial charge in [0.15, 0.2) is 0 Å². The highest BCUT2D eigenvalue weighted by molar-refractivity contribution is 9.10. The summed E-state index contributed by atoms with van der Waals surface area (Å²) in [5.74, 6) is 0.0169. The van der Waals surface area contributed by atoms with Crippen molar-refractivity contribution < 1.29 is 13.2 Å². The summed E-state index contributed by atoms with van der Waals surface area (Å²) in [6.07, 6.45) is 2.08. The van der Waals surface area contributed by atoms with Crippen LogP contribution in [0.25, 0.3) is 0 Å². The van der Waals surface area contributed by atoms with Gasteiger partial charge in [-0.1, -0.05) is 28.9 Å². The Kier molecular flexibility index (Phi) is 6.06. The molecule has 0 fully saturated rings. The summed E-state index contributed by atoms with van der Waals surface area (Å²) in [5, 5.41) is 0. The first-order chi connectivity index (χ1) is 12.9. The molecule has 1 amide bonds. The molecule has 0 spiro atoms. The zero-order chi connectivity index (χ0) is 19.4. The summed E-state index contributed by atoms with van der Waals surface area (Å²) in [4.78, 5) is 23.2. The van der Waals surface area contributed by atoms with Crippen LogP contribution in [0.1, 0.15) is 24.6 Å². The van der Waals surface area contributed by atoms with Gasteiger partial charge in [-0.25, -0.2) is 8.42 Å². The van der Waals surface area contributed by atoms with E-state index in [2.05, 4.69) is 25.9 Å². The van der Waals surface area contributed by atoms with E-state index in [9.17, 15) is 13.2 Å². The number of hydrogen-bond acceptors (Lipinski definition) is 5. The van der Waals surface area contributed by atoms with Crippen LogP contribution >= 0.6 is 15.9 Å². The maximum Gasteiger partial charge on any atom is 0.248 e. The molecule has 0 radical (unpaired) electrons. The van der Waals surface area contributed by atoms with Crippen LogP contribution in [-0.2, 0) is 14.6 Å². The highest BCUT2D eigenvalue weighted by Crippen LogP contribution is 2.29. The molecule has 0 saturated heterocycles. The average molecular weight is 450 g/mol. The van der Waals surface area contributed by atoms with Gasteiger partial charge in [0.25, 0.3) is 0 Å². The number of rotatable bonds is 6. The summed E-state index contributed by atoms with van der Waals surface area (Å²) in [7, 11) is -3.07. The first-order valence-electron chi connectivity index (χ1n) is 8.68. The molecule has 0 N–H and O–H groups in total. The van der Waals surface area contributed by atoms with Crippen molar-refractivity contribution in [3.8, 4) is 0 Å². The first-order valence-corrected chi connectivity index (χ1v) is 11.3. The largest absolute Gasteiger partial charge is 0.310 e. The number of pyridine rings is 1. The number of aromatic nitrogens is 1. The number of halogens is 1. The lowest BCUT2D eigenvalue weighted by atomic mass is 10.0. The van der Waals surface area contributed by atoms with Crippen molar-refractivity contribution in [1.29, 1.82) is 0 Å². The molecule has 1 aliphatic heterocycles. The second-order valence-electron chi connectivity index (χ2n) is 6.18. The Balaban J connectivity index is 1.96. The van der Waals surface area contributed by atoms with Crippen molar-refractivity contribution in [2.45, 2.75) is 13.3 Å². The molecule has 3 rings (SSSR count). The number of aliphatic imine (C=N–C) groups is 1. The Morgan fingerprint density at radius 2 is 2.04 bits per heavy atom. The zero-order valence-corrected chi connectivity index (χ0v) is 17.3. The van der Waals surface area contributed by atoms with Crippen molar-refractivity contribution >= 4 is 43.1 Å². The SMILES string of the molecule is CCS(=O)(=O)CCCN1C(=O)CN=C(c2ccccn2)c2cc(Br)ccc21. The Bertz CT molecular complexity index is 975. The molecule has 0 atom stereocenters. The topological polar surface area (TPSA) is 79.7 Å². The van der Waals surface area contributed by atoms with Gasteiger partial charge in [0.05, 0.1) is 22.8 Å². The fraction of sp³-hybridized carbons (Fsp3) is 0.316. The Morgan fingerprint density at radius 3 is 2.74 bits per heavy atom. The molecular weight excluding hydrogens is 430 g/mol.